The number of carbonyl (C=O) groups is 2. The van der Waals surface area contributed by atoms with Crippen molar-refractivity contribution in [2.45, 2.75) is 30.0 Å². The minimum absolute atomic E-state index is 0.355. The lowest BCUT2D eigenvalue weighted by atomic mass is 9.93. The van der Waals surface area contributed by atoms with E-state index >= 15 is 0 Å². The van der Waals surface area contributed by atoms with E-state index < -0.39 is 12.0 Å². The van der Waals surface area contributed by atoms with Gasteiger partial charge in [0, 0.05) is 10.1 Å². The van der Waals surface area contributed by atoms with Gasteiger partial charge in [0.2, 0.25) is 0 Å². The Hall–Kier alpha value is -2.73. The predicted octanol–water partition coefficient (Wildman–Crippen LogP) is 4.13. The van der Waals surface area contributed by atoms with Crippen LogP contribution < -0.4 is 10.6 Å². The monoisotopic (exact) mass is 382 g/mol. The zero-order valence-corrected chi connectivity index (χ0v) is 16.3. The molecule has 2 amide bonds. The number of amides is 2. The predicted molar refractivity (Wildman–Crippen MR) is 107 cm³/mol. The molecule has 0 bridgehead atoms. The molecule has 0 saturated heterocycles. The number of methoxy groups -OCH3 is 1. The minimum atomic E-state index is -0.584. The number of thioether (sulfide) groups is 1. The topological polar surface area (TPSA) is 67.4 Å². The van der Waals surface area contributed by atoms with Crippen LogP contribution in [0.3, 0.4) is 0 Å². The zero-order chi connectivity index (χ0) is 19.4. The van der Waals surface area contributed by atoms with Gasteiger partial charge in [-0.2, -0.15) is 0 Å². The summed E-state index contributed by atoms with van der Waals surface area (Å²) in [6, 6.07) is 16.2. The Bertz CT molecular complexity index is 861. The Kier molecular flexibility index (Phi) is 5.86. The van der Waals surface area contributed by atoms with E-state index in [-0.39, 0.29) is 6.03 Å². The van der Waals surface area contributed by atoms with Crippen LogP contribution in [0, 0.1) is 0 Å². The summed E-state index contributed by atoms with van der Waals surface area (Å²) in [4.78, 5) is 26.0. The molecule has 0 saturated carbocycles. The van der Waals surface area contributed by atoms with Gasteiger partial charge in [0.1, 0.15) is 0 Å². The molecule has 140 valence electrons. The summed E-state index contributed by atoms with van der Waals surface area (Å²) in [5, 5.41) is 6.08. The van der Waals surface area contributed by atoms with Crippen LogP contribution in [0.4, 0.5) is 4.79 Å². The van der Waals surface area contributed by atoms with Gasteiger partial charge in [0.25, 0.3) is 0 Å². The van der Waals surface area contributed by atoms with E-state index in [1.54, 1.807) is 11.8 Å². The van der Waals surface area contributed by atoms with Crippen LogP contribution in [0.15, 0.2) is 65.1 Å². The zero-order valence-electron chi connectivity index (χ0n) is 15.5. The van der Waals surface area contributed by atoms with Gasteiger partial charge < -0.3 is 15.4 Å². The van der Waals surface area contributed by atoms with E-state index in [2.05, 4.69) is 24.5 Å². The first-order chi connectivity index (χ1) is 13.0. The fourth-order valence-corrected chi connectivity index (χ4v) is 3.83. The van der Waals surface area contributed by atoms with E-state index in [9.17, 15) is 9.59 Å². The molecule has 0 spiro atoms. The first-order valence-corrected chi connectivity index (χ1v) is 9.59. The van der Waals surface area contributed by atoms with Crippen molar-refractivity contribution in [1.82, 2.24) is 10.6 Å². The van der Waals surface area contributed by atoms with Gasteiger partial charge >= 0.3 is 12.0 Å². The molecule has 2 N–H and O–H groups in total. The van der Waals surface area contributed by atoms with Gasteiger partial charge in [-0.15, -0.1) is 11.8 Å². The molecular weight excluding hydrogens is 360 g/mol. The third-order valence-electron chi connectivity index (χ3n) is 4.12. The van der Waals surface area contributed by atoms with Gasteiger partial charge in [-0.3, -0.25) is 0 Å². The number of hydrogen-bond acceptors (Lipinski definition) is 4. The number of rotatable bonds is 5. The molecule has 1 unspecified atom stereocenters. The Morgan fingerprint density at radius 3 is 2.33 bits per heavy atom. The van der Waals surface area contributed by atoms with Crippen LogP contribution in [-0.2, 0) is 9.53 Å². The molecule has 2 aromatic rings. The number of esters is 1. The molecule has 3 rings (SSSR count). The molecule has 1 atom stereocenters. The van der Waals surface area contributed by atoms with E-state index in [1.807, 2.05) is 54.6 Å². The van der Waals surface area contributed by atoms with Crippen molar-refractivity contribution < 1.29 is 14.3 Å². The molecule has 27 heavy (non-hydrogen) atoms. The maximum Gasteiger partial charge on any atom is 0.338 e. The summed E-state index contributed by atoms with van der Waals surface area (Å²) in [5.41, 5.74) is 2.43. The van der Waals surface area contributed by atoms with E-state index in [0.717, 1.165) is 16.0 Å². The van der Waals surface area contributed by atoms with Gasteiger partial charge in [-0.1, -0.05) is 56.3 Å². The third kappa shape index (κ3) is 4.34. The number of benzene rings is 2. The van der Waals surface area contributed by atoms with Gasteiger partial charge in [0.15, 0.2) is 0 Å². The third-order valence-corrected chi connectivity index (χ3v) is 5.14. The fourth-order valence-electron chi connectivity index (χ4n) is 2.99. The molecule has 1 aliphatic rings. The molecular formula is C21H22N2O3S. The Morgan fingerprint density at radius 1 is 1.07 bits per heavy atom. The van der Waals surface area contributed by atoms with E-state index in [4.69, 9.17) is 4.74 Å². The highest BCUT2D eigenvalue weighted by Crippen LogP contribution is 2.33. The maximum absolute atomic E-state index is 12.6. The quantitative estimate of drug-likeness (QED) is 0.603. The molecule has 0 aliphatic carbocycles. The fraction of sp³-hybridized carbons (Fsp3) is 0.238. The first-order valence-electron chi connectivity index (χ1n) is 8.71. The molecule has 5 nitrogen and oxygen atoms in total. The lowest BCUT2D eigenvalue weighted by Gasteiger charge is -2.29. The average molecular weight is 382 g/mol. The van der Waals surface area contributed by atoms with Crippen LogP contribution in [0.25, 0.3) is 5.70 Å². The normalized spacial score (nSPS) is 16.7. The summed E-state index contributed by atoms with van der Waals surface area (Å²) < 4.78 is 5.01. The Balaban J connectivity index is 2.06. The highest BCUT2D eigenvalue weighted by Gasteiger charge is 2.34. The summed E-state index contributed by atoms with van der Waals surface area (Å²) in [6.45, 7) is 4.27. The molecule has 0 fully saturated rings. The summed E-state index contributed by atoms with van der Waals surface area (Å²) in [6.07, 6.45) is 0. The molecule has 1 aliphatic heterocycles. The molecule has 6 heteroatoms. The highest BCUT2D eigenvalue weighted by molar-refractivity contribution is 7.99. The van der Waals surface area contributed by atoms with Gasteiger partial charge in [-0.05, 0) is 23.3 Å². The second-order valence-electron chi connectivity index (χ2n) is 6.41. The second-order valence-corrected chi connectivity index (χ2v) is 8.06. The summed E-state index contributed by atoms with van der Waals surface area (Å²) >= 11 is 1.76. The summed E-state index contributed by atoms with van der Waals surface area (Å²) in [5.74, 6) is -0.480. The number of ether oxygens (including phenoxy) is 1. The molecule has 0 radical (unpaired) electrons. The van der Waals surface area contributed by atoms with Crippen molar-refractivity contribution in [2.75, 3.05) is 7.11 Å². The largest absolute Gasteiger partial charge is 0.466 e. The Labute approximate surface area is 163 Å². The lowest BCUT2D eigenvalue weighted by molar-refractivity contribution is -0.136. The van der Waals surface area contributed by atoms with Crippen LogP contribution >= 0.6 is 11.8 Å². The van der Waals surface area contributed by atoms with E-state index in [1.165, 1.54) is 7.11 Å². The number of hydrogen-bond donors (Lipinski definition) is 2. The summed E-state index contributed by atoms with van der Waals surface area (Å²) in [7, 11) is 1.34. The number of carbonyl (C=O) groups excluding carboxylic acids is 2. The molecule has 2 aromatic carbocycles. The van der Waals surface area contributed by atoms with Crippen molar-refractivity contribution in [3.05, 3.63) is 71.3 Å². The van der Waals surface area contributed by atoms with Gasteiger partial charge in [0.05, 0.1) is 24.4 Å². The van der Waals surface area contributed by atoms with Crippen LogP contribution in [0.5, 0.6) is 0 Å². The maximum atomic E-state index is 12.6. The number of urea groups is 1. The average Bonchev–Trinajstić information content (AvgIpc) is 2.67. The second kappa shape index (κ2) is 8.31. The van der Waals surface area contributed by atoms with Gasteiger partial charge in [-0.25, -0.2) is 9.59 Å². The van der Waals surface area contributed by atoms with Crippen molar-refractivity contribution >= 4 is 29.5 Å². The van der Waals surface area contributed by atoms with Crippen LogP contribution in [0.1, 0.15) is 31.0 Å². The first kappa shape index (κ1) is 19.0. The Morgan fingerprint density at radius 2 is 1.74 bits per heavy atom. The smallest absolute Gasteiger partial charge is 0.338 e. The SMILES string of the molecule is COC(=O)C1=C(c2ccccc2)NC(=O)NC1c1ccc(SC(C)C)cc1. The van der Waals surface area contributed by atoms with Crippen molar-refractivity contribution in [1.29, 1.82) is 0 Å². The van der Waals surface area contributed by atoms with E-state index in [0.29, 0.717) is 16.5 Å². The van der Waals surface area contributed by atoms with Crippen molar-refractivity contribution in [2.24, 2.45) is 0 Å². The lowest BCUT2D eigenvalue weighted by Crippen LogP contribution is -2.45. The van der Waals surface area contributed by atoms with Crippen LogP contribution in [-0.4, -0.2) is 24.4 Å². The van der Waals surface area contributed by atoms with Crippen molar-refractivity contribution in [3.8, 4) is 0 Å². The van der Waals surface area contributed by atoms with Crippen LogP contribution in [0.2, 0.25) is 0 Å². The molecule has 1 heterocycles. The highest BCUT2D eigenvalue weighted by atomic mass is 32.2. The molecule has 0 aromatic heterocycles. The minimum Gasteiger partial charge on any atom is -0.466 e. The number of nitrogens with one attached hydrogen (secondary N) is 2. The standard InChI is InChI=1S/C21H22N2O3S/c1-13(2)27-16-11-9-15(10-12-16)19-17(20(24)26-3)18(22-21(25)23-19)14-7-5-4-6-8-14/h4-13,19H,1-3H3,(H2,22,23,25). The van der Waals surface area contributed by atoms with Crippen molar-refractivity contribution in [3.63, 3.8) is 0 Å².